The molecular formula is C50H65N14O22P3S3. The van der Waals surface area contributed by atoms with E-state index >= 15 is 4.57 Å². The minimum Gasteiger partial charge on any atom is -0.387 e. The molecule has 42 heteroatoms. The standard InChI is InChI=1S/C50H65N14O22P3S3/c1-7-8-9-10-25-26(11-27(80-25)63-18-56-29-38(63)57-45(52)58-41(29)68)84-87(71,90)75-15-49-23(5)78-31(43(82-49)61-12-20(2)39(66)59-46(61)69)34(49)86-89(73,92)76-16-50-24(6)79-32(44(83-50)62-13-21(3)40(67)60-47(62)70)35(50)85-88(72,91)74-14-48-22(4)77-30(33(48)65)42(81-48)64-19-55-28-36(51)53-17-54-37(28)64/h12-13,17-19,22-27,30-35,42-44,65H,7-11,14-16H2,1-6H3,(H,71,90)(H,72,91)(H,73,92)(H2,51,53,54)(H,59,66,69)(H,60,67,70)(H3,52,57,58,68)/t22-,23-,24-,25+,26+,27+,30-,31-,32-,33?,34?,35?,42+,43-,44+,48-,49-,50-,87?,88?,89?/m0/s1. The number of aryl methyl sites for hydroxylation is 2. The molecule has 8 N–H and O–H groups in total. The van der Waals surface area contributed by atoms with Gasteiger partial charge in [-0.1, -0.05) is 62.9 Å². The Kier molecular flexibility index (Phi) is 17.1. The van der Waals surface area contributed by atoms with Gasteiger partial charge in [0.1, 0.15) is 71.5 Å². The van der Waals surface area contributed by atoms with E-state index in [1.165, 1.54) is 61.3 Å². The number of thiol groups is 3. The van der Waals surface area contributed by atoms with Crippen molar-refractivity contribution in [3.8, 4) is 0 Å². The van der Waals surface area contributed by atoms with Crippen molar-refractivity contribution in [2.24, 2.45) is 0 Å². The van der Waals surface area contributed by atoms with Gasteiger partial charge >= 0.3 is 31.8 Å². The molecule has 36 nitrogen and oxygen atoms in total. The van der Waals surface area contributed by atoms with E-state index < -0.39 is 177 Å². The fraction of sp³-hybridized carbons (Fsp3) is 0.640. The second-order valence-electron chi connectivity index (χ2n) is 23.7. The molecule has 7 saturated heterocycles. The first-order valence-electron chi connectivity index (χ1n) is 29.1. The predicted octanol–water partition coefficient (Wildman–Crippen LogP) is 2.55. The summed E-state index contributed by atoms with van der Waals surface area (Å²) in [6.45, 7) is -6.89. The summed E-state index contributed by atoms with van der Waals surface area (Å²) in [5.41, 5.74) is 3.23. The summed E-state index contributed by atoms with van der Waals surface area (Å²) in [4.78, 5) is 92.9. The van der Waals surface area contributed by atoms with Gasteiger partial charge in [-0.25, -0.2) is 43.2 Å². The Morgan fingerprint density at radius 1 is 0.630 bits per heavy atom. The van der Waals surface area contributed by atoms with Crippen molar-refractivity contribution in [2.45, 2.75) is 183 Å². The number of nitrogens with two attached hydrogens (primary N) is 2. The van der Waals surface area contributed by atoms with Gasteiger partial charge in [-0.15, -0.1) is 0 Å². The number of fused-ring (bicyclic) bond motifs is 8. The number of aliphatic hydroxyl groups excluding tert-OH is 1. The van der Waals surface area contributed by atoms with Gasteiger partial charge in [-0.05, 0) is 41.0 Å². The van der Waals surface area contributed by atoms with Crippen LogP contribution in [0, 0.1) is 13.8 Å². The summed E-state index contributed by atoms with van der Waals surface area (Å²) in [6, 6.07) is 0. The molecule has 0 amide bonds. The number of nitrogens with zero attached hydrogens (tertiary/aromatic N) is 9. The van der Waals surface area contributed by atoms with Crippen LogP contribution in [0.4, 0.5) is 11.8 Å². The van der Waals surface area contributed by atoms with Crippen molar-refractivity contribution in [3.05, 3.63) is 94.5 Å². The molecule has 13 heterocycles. The van der Waals surface area contributed by atoms with Crippen molar-refractivity contribution in [2.75, 3.05) is 31.3 Å². The van der Waals surface area contributed by atoms with Crippen LogP contribution in [0.2, 0.25) is 0 Å². The molecular weight excluding hydrogens is 1340 g/mol. The topological polar surface area (TPSA) is 460 Å². The average molecular weight is 1400 g/mol. The molecule has 500 valence electrons. The molecule has 0 spiro atoms. The smallest absolute Gasteiger partial charge is 0.386 e. The second kappa shape index (κ2) is 24.0. The molecule has 0 saturated carbocycles. The molecule has 7 aliphatic heterocycles. The van der Waals surface area contributed by atoms with Crippen LogP contribution in [-0.2, 0) is 74.0 Å². The van der Waals surface area contributed by atoms with Crippen LogP contribution in [0.5, 0.6) is 0 Å². The number of imidazole rings is 2. The first kappa shape index (κ1) is 65.7. The Labute approximate surface area is 534 Å². The van der Waals surface area contributed by atoms with Gasteiger partial charge in [0.15, 0.2) is 41.3 Å². The van der Waals surface area contributed by atoms with Gasteiger partial charge in [-0.2, -0.15) is 4.98 Å². The van der Waals surface area contributed by atoms with Crippen molar-refractivity contribution < 1.29 is 79.1 Å². The molecule has 13 rings (SSSR count). The van der Waals surface area contributed by atoms with Crippen LogP contribution < -0.4 is 39.5 Å². The van der Waals surface area contributed by atoms with Crippen molar-refractivity contribution in [1.29, 1.82) is 0 Å². The van der Waals surface area contributed by atoms with Crippen molar-refractivity contribution >= 4 is 91.2 Å². The van der Waals surface area contributed by atoms with Gasteiger partial charge in [0, 0.05) is 29.9 Å². The number of aromatic nitrogens is 12. The zero-order chi connectivity index (χ0) is 65.5. The Hall–Kier alpha value is -4.96. The number of rotatable bonds is 23. The van der Waals surface area contributed by atoms with Crippen LogP contribution in [-0.4, -0.2) is 167 Å². The lowest BCUT2D eigenvalue weighted by atomic mass is 9.94. The largest absolute Gasteiger partial charge is 0.387 e. The monoisotopic (exact) mass is 1400 g/mol. The lowest BCUT2D eigenvalue weighted by Gasteiger charge is -2.38. The molecule has 6 unspecified atom stereocenters. The average Bonchev–Trinajstić information content (AvgIpc) is 1.56. The summed E-state index contributed by atoms with van der Waals surface area (Å²) < 4.78 is 132. The molecule has 21 atom stereocenters. The third-order valence-electron chi connectivity index (χ3n) is 18.0. The van der Waals surface area contributed by atoms with Crippen LogP contribution in [0.25, 0.3) is 22.3 Å². The maximum absolute atomic E-state index is 15.2. The number of hydrogen-bond donors (Lipinski definition) is 9. The third-order valence-corrected chi connectivity index (χ3v) is 22.8. The van der Waals surface area contributed by atoms with Crippen molar-refractivity contribution in [3.63, 3.8) is 0 Å². The maximum Gasteiger partial charge on any atom is 0.386 e. The van der Waals surface area contributed by atoms with Crippen LogP contribution in [0.15, 0.2) is 55.3 Å². The first-order valence-corrected chi connectivity index (χ1v) is 37.2. The second-order valence-corrected chi connectivity index (χ2v) is 32.3. The van der Waals surface area contributed by atoms with E-state index in [2.05, 4.69) is 76.6 Å². The molecule has 0 aromatic carbocycles. The van der Waals surface area contributed by atoms with Crippen LogP contribution >= 0.6 is 57.1 Å². The van der Waals surface area contributed by atoms with Crippen LogP contribution in [0.1, 0.15) is 95.8 Å². The van der Waals surface area contributed by atoms with Crippen molar-refractivity contribution in [1.82, 2.24) is 58.1 Å². The van der Waals surface area contributed by atoms with Gasteiger partial charge < -0.3 is 49.7 Å². The van der Waals surface area contributed by atoms with E-state index in [1.54, 1.807) is 13.8 Å². The highest BCUT2D eigenvalue weighted by atomic mass is 32.7. The van der Waals surface area contributed by atoms with E-state index in [9.17, 15) is 38.2 Å². The fourth-order valence-corrected chi connectivity index (χ4v) is 17.7. The normalized spacial score (nSPS) is 35.8. The third kappa shape index (κ3) is 11.3. The lowest BCUT2D eigenvalue weighted by Crippen LogP contribution is -2.52. The van der Waals surface area contributed by atoms with Gasteiger partial charge in [0.25, 0.3) is 16.7 Å². The molecule has 6 aromatic rings. The Balaban J connectivity index is 0.767. The SMILES string of the molecule is CCCCC[C@H]1O[C@@H](n2cnc3c(=O)[nH]c(N)nc32)C[C@H]1OP(=O)(S)OC[C@]12O[C@H](n3cc(C)c(=O)[nH]c3=O)[C@@H](O[C@H]1C)C2OP(=O)(S)OC[C@]12O[C@@H](n3cc(C)c(=O)[nH]c3=O)[C@@H](O[C@H]1C)C2OP(=O)(S)OC[C@]12O[C@@H](n3cnc4c(N)ncnc43)[C@@H](O[C@H]1C)C2O. The number of nitrogens with one attached hydrogen (secondary N) is 3. The number of ether oxygens (including phenoxy) is 7. The maximum atomic E-state index is 15.2. The lowest BCUT2D eigenvalue weighted by molar-refractivity contribution is -0.218. The zero-order valence-corrected chi connectivity index (χ0v) is 55.0. The Morgan fingerprint density at radius 2 is 1.13 bits per heavy atom. The molecule has 92 heavy (non-hydrogen) atoms. The molecule has 0 radical (unpaired) electrons. The number of nitrogen functional groups attached to an aromatic ring is 2. The summed E-state index contributed by atoms with van der Waals surface area (Å²) in [5.74, 6) is -0.0577. The van der Waals surface area contributed by atoms with E-state index in [-0.39, 0.29) is 51.6 Å². The summed E-state index contributed by atoms with van der Waals surface area (Å²) in [7, 11) is 0. The van der Waals surface area contributed by atoms with E-state index in [4.69, 9.17) is 71.8 Å². The quantitative estimate of drug-likeness (QED) is 0.0253. The number of hydrogen-bond acceptors (Lipinski definition) is 29. The number of anilines is 2. The summed E-state index contributed by atoms with van der Waals surface area (Å²) in [6.07, 6.45) is -8.61. The van der Waals surface area contributed by atoms with E-state index in [1.807, 2.05) is 6.92 Å². The van der Waals surface area contributed by atoms with E-state index in [0.29, 0.717) is 12.8 Å². The number of aromatic amines is 3. The Morgan fingerprint density at radius 3 is 1.71 bits per heavy atom. The minimum atomic E-state index is -4.91. The van der Waals surface area contributed by atoms with E-state index in [0.717, 1.165) is 22.0 Å². The molecule has 0 aliphatic carbocycles. The highest BCUT2D eigenvalue weighted by molar-refractivity contribution is 8.45. The van der Waals surface area contributed by atoms with Gasteiger partial charge in [-0.3, -0.25) is 74.7 Å². The van der Waals surface area contributed by atoms with Gasteiger partial charge in [0.2, 0.25) is 5.95 Å². The van der Waals surface area contributed by atoms with Crippen LogP contribution in [0.3, 0.4) is 0 Å². The first-order chi connectivity index (χ1) is 43.5. The number of unbranched alkanes of at least 4 members (excludes halogenated alkanes) is 2. The summed E-state index contributed by atoms with van der Waals surface area (Å²) >= 11 is 13.2. The predicted molar refractivity (Wildman–Crippen MR) is 327 cm³/mol. The molecule has 7 aliphatic rings. The minimum absolute atomic E-state index is 0.00700. The highest BCUT2D eigenvalue weighted by Crippen LogP contribution is 2.66. The fourth-order valence-electron chi connectivity index (χ4n) is 13.2. The zero-order valence-electron chi connectivity index (χ0n) is 49.6. The molecule has 7 fully saturated rings. The molecule has 6 aromatic heterocycles. The Bertz CT molecular complexity index is 4370. The number of H-pyrrole nitrogens is 3. The number of aliphatic hydroxyl groups is 1. The summed E-state index contributed by atoms with van der Waals surface area (Å²) in [5, 5.41) is 11.7. The highest BCUT2D eigenvalue weighted by Gasteiger charge is 2.72. The molecule has 6 bridgehead atoms. The van der Waals surface area contributed by atoms with Gasteiger partial charge in [0.05, 0.1) is 63.0 Å².